The zero-order chi connectivity index (χ0) is 17.8. The smallest absolute Gasteiger partial charge is 0.204 e. The zero-order valence-electron chi connectivity index (χ0n) is 14.0. The lowest BCUT2D eigenvalue weighted by atomic mass is 10.2. The SMILES string of the molecule is N#CCC1C=CNC(=NCCc2cnc[nH]2)N1c1nc2ccccc2s1. The summed E-state index contributed by atoms with van der Waals surface area (Å²) in [6.45, 7) is 0.610. The monoisotopic (exact) mass is 363 g/mol. The number of rotatable bonds is 5. The number of imidazole rings is 1. The predicted octanol–water partition coefficient (Wildman–Crippen LogP) is 2.82. The maximum Gasteiger partial charge on any atom is 0.204 e. The van der Waals surface area contributed by atoms with Gasteiger partial charge in [0, 0.05) is 31.1 Å². The van der Waals surface area contributed by atoms with Crippen LogP contribution < -0.4 is 10.2 Å². The molecule has 4 rings (SSSR count). The average molecular weight is 363 g/mol. The van der Waals surface area contributed by atoms with Crippen LogP contribution in [-0.2, 0) is 6.42 Å². The molecule has 130 valence electrons. The molecule has 1 aliphatic rings. The van der Waals surface area contributed by atoms with E-state index in [9.17, 15) is 5.26 Å². The number of aromatic nitrogens is 3. The van der Waals surface area contributed by atoms with Gasteiger partial charge in [-0.05, 0) is 18.2 Å². The molecule has 0 saturated heterocycles. The minimum Gasteiger partial charge on any atom is -0.348 e. The summed E-state index contributed by atoms with van der Waals surface area (Å²) in [5, 5.41) is 13.3. The van der Waals surface area contributed by atoms with E-state index in [-0.39, 0.29) is 6.04 Å². The van der Waals surface area contributed by atoms with Crippen LogP contribution in [0.5, 0.6) is 0 Å². The van der Waals surface area contributed by atoms with Crippen molar-refractivity contribution in [3.63, 3.8) is 0 Å². The van der Waals surface area contributed by atoms with Gasteiger partial charge in [0.05, 0.1) is 35.1 Å². The Morgan fingerprint density at radius 3 is 3.08 bits per heavy atom. The molecule has 0 spiro atoms. The lowest BCUT2D eigenvalue weighted by Crippen LogP contribution is -2.48. The summed E-state index contributed by atoms with van der Waals surface area (Å²) in [6, 6.07) is 10.2. The van der Waals surface area contributed by atoms with Crippen molar-refractivity contribution >= 4 is 32.6 Å². The molecule has 26 heavy (non-hydrogen) atoms. The fourth-order valence-corrected chi connectivity index (χ4v) is 3.85. The molecule has 0 radical (unpaired) electrons. The fraction of sp³-hybridized carbons (Fsp3) is 0.222. The molecular formula is C18H17N7S. The van der Waals surface area contributed by atoms with E-state index in [1.165, 1.54) is 0 Å². The number of hydrogen-bond acceptors (Lipinski definition) is 5. The maximum absolute atomic E-state index is 9.21. The molecule has 0 amide bonds. The Kier molecular flexibility index (Phi) is 4.62. The van der Waals surface area contributed by atoms with Crippen LogP contribution in [0.25, 0.3) is 10.2 Å². The Morgan fingerprint density at radius 2 is 2.27 bits per heavy atom. The second-order valence-electron chi connectivity index (χ2n) is 5.80. The van der Waals surface area contributed by atoms with Gasteiger partial charge in [-0.1, -0.05) is 23.5 Å². The largest absolute Gasteiger partial charge is 0.348 e. The predicted molar refractivity (Wildman–Crippen MR) is 103 cm³/mol. The van der Waals surface area contributed by atoms with Crippen molar-refractivity contribution in [2.75, 3.05) is 11.4 Å². The highest BCUT2D eigenvalue weighted by Crippen LogP contribution is 2.31. The van der Waals surface area contributed by atoms with Crippen molar-refractivity contribution in [2.24, 2.45) is 4.99 Å². The van der Waals surface area contributed by atoms with Crippen LogP contribution in [0.2, 0.25) is 0 Å². The second kappa shape index (κ2) is 7.37. The van der Waals surface area contributed by atoms with Crippen LogP contribution >= 0.6 is 11.3 Å². The number of anilines is 1. The quantitative estimate of drug-likeness (QED) is 0.727. The number of para-hydroxylation sites is 1. The summed E-state index contributed by atoms with van der Waals surface area (Å²) in [5.74, 6) is 0.714. The highest BCUT2D eigenvalue weighted by molar-refractivity contribution is 7.22. The van der Waals surface area contributed by atoms with Crippen molar-refractivity contribution in [3.8, 4) is 6.07 Å². The summed E-state index contributed by atoms with van der Waals surface area (Å²) in [5.41, 5.74) is 2.00. The van der Waals surface area contributed by atoms with Crippen LogP contribution in [0.3, 0.4) is 0 Å². The van der Waals surface area contributed by atoms with Gasteiger partial charge in [-0.25, -0.2) is 9.97 Å². The molecule has 1 aliphatic heterocycles. The normalized spacial score (nSPS) is 18.2. The van der Waals surface area contributed by atoms with E-state index >= 15 is 0 Å². The Morgan fingerprint density at radius 1 is 1.35 bits per heavy atom. The standard InChI is InChI=1S/C18H17N7S/c19-8-5-14-7-10-22-17(21-9-6-13-11-20-12-23-13)25(14)18-24-15-3-1-2-4-16(15)26-18/h1-4,7,10-12,14H,5-6,9H2,(H,20,23)(H,21,22). The van der Waals surface area contributed by atoms with Gasteiger partial charge in [0.15, 0.2) is 5.13 Å². The number of aliphatic imine (C=N–C) groups is 1. The Labute approximate surface area is 154 Å². The van der Waals surface area contributed by atoms with Gasteiger partial charge in [-0.15, -0.1) is 0 Å². The van der Waals surface area contributed by atoms with Gasteiger partial charge in [0.2, 0.25) is 5.96 Å². The Hall–Kier alpha value is -3.18. The molecule has 7 nitrogen and oxygen atoms in total. The number of aromatic amines is 1. The van der Waals surface area contributed by atoms with E-state index in [4.69, 9.17) is 9.98 Å². The van der Waals surface area contributed by atoms with Crippen LogP contribution in [0.4, 0.5) is 5.13 Å². The van der Waals surface area contributed by atoms with Crippen molar-refractivity contribution in [3.05, 3.63) is 54.8 Å². The number of nitrogens with zero attached hydrogens (tertiary/aromatic N) is 5. The van der Waals surface area contributed by atoms with E-state index in [1.54, 1.807) is 23.9 Å². The summed E-state index contributed by atoms with van der Waals surface area (Å²) in [6.07, 6.45) is 8.43. The van der Waals surface area contributed by atoms with E-state index < -0.39 is 0 Å². The number of fused-ring (bicyclic) bond motifs is 1. The van der Waals surface area contributed by atoms with Gasteiger partial charge >= 0.3 is 0 Å². The summed E-state index contributed by atoms with van der Waals surface area (Å²) in [4.78, 5) is 18.6. The number of H-pyrrole nitrogens is 1. The number of hydrogen-bond donors (Lipinski definition) is 2. The van der Waals surface area contributed by atoms with Crippen LogP contribution in [0.15, 0.2) is 54.1 Å². The third kappa shape index (κ3) is 3.30. The molecule has 1 aromatic carbocycles. The first-order valence-electron chi connectivity index (χ1n) is 8.32. The van der Waals surface area contributed by atoms with Gasteiger partial charge in [0.25, 0.3) is 0 Å². The lowest BCUT2D eigenvalue weighted by molar-refractivity contribution is 0.769. The lowest BCUT2D eigenvalue weighted by Gasteiger charge is -2.32. The highest BCUT2D eigenvalue weighted by Gasteiger charge is 2.27. The third-order valence-electron chi connectivity index (χ3n) is 4.08. The number of guanidine groups is 1. The molecule has 0 bridgehead atoms. The zero-order valence-corrected chi connectivity index (χ0v) is 14.8. The van der Waals surface area contributed by atoms with Crippen LogP contribution in [0, 0.1) is 11.3 Å². The Bertz CT molecular complexity index is 948. The fourth-order valence-electron chi connectivity index (χ4n) is 2.82. The number of benzene rings is 1. The van der Waals surface area contributed by atoms with Gasteiger partial charge < -0.3 is 10.3 Å². The molecule has 0 aliphatic carbocycles. The second-order valence-corrected chi connectivity index (χ2v) is 6.81. The average Bonchev–Trinajstić information content (AvgIpc) is 3.31. The topological polar surface area (TPSA) is 93.0 Å². The van der Waals surface area contributed by atoms with E-state index in [0.29, 0.717) is 18.9 Å². The first-order chi connectivity index (χ1) is 12.8. The van der Waals surface area contributed by atoms with E-state index in [2.05, 4.69) is 27.4 Å². The molecule has 8 heteroatoms. The molecular weight excluding hydrogens is 346 g/mol. The molecule has 1 unspecified atom stereocenters. The van der Waals surface area contributed by atoms with Crippen molar-refractivity contribution < 1.29 is 0 Å². The van der Waals surface area contributed by atoms with E-state index in [0.717, 1.165) is 27.5 Å². The Balaban J connectivity index is 1.64. The van der Waals surface area contributed by atoms with Crippen LogP contribution in [-0.4, -0.2) is 33.5 Å². The third-order valence-corrected chi connectivity index (χ3v) is 5.11. The van der Waals surface area contributed by atoms with E-state index in [1.807, 2.05) is 35.4 Å². The van der Waals surface area contributed by atoms with Crippen molar-refractivity contribution in [2.45, 2.75) is 18.9 Å². The van der Waals surface area contributed by atoms with Crippen molar-refractivity contribution in [1.82, 2.24) is 20.3 Å². The molecule has 2 aromatic heterocycles. The number of nitrogens with one attached hydrogen (secondary N) is 2. The first kappa shape index (κ1) is 16.3. The molecule has 1 atom stereocenters. The van der Waals surface area contributed by atoms with Gasteiger partial charge in [0.1, 0.15) is 0 Å². The first-order valence-corrected chi connectivity index (χ1v) is 9.13. The van der Waals surface area contributed by atoms with Crippen LogP contribution in [0.1, 0.15) is 12.1 Å². The minimum absolute atomic E-state index is 0.0901. The molecule has 0 saturated carbocycles. The minimum atomic E-state index is -0.0901. The molecule has 2 N–H and O–H groups in total. The summed E-state index contributed by atoms with van der Waals surface area (Å²) < 4.78 is 1.12. The maximum atomic E-state index is 9.21. The molecule has 0 fully saturated rings. The highest BCUT2D eigenvalue weighted by atomic mass is 32.1. The molecule has 3 aromatic rings. The summed E-state index contributed by atoms with van der Waals surface area (Å²) in [7, 11) is 0. The number of thiazole rings is 1. The number of nitriles is 1. The summed E-state index contributed by atoms with van der Waals surface area (Å²) >= 11 is 1.60. The van der Waals surface area contributed by atoms with Gasteiger partial charge in [-0.3, -0.25) is 9.89 Å². The molecule has 3 heterocycles. The van der Waals surface area contributed by atoms with Crippen molar-refractivity contribution in [1.29, 1.82) is 5.26 Å². The van der Waals surface area contributed by atoms with Gasteiger partial charge in [-0.2, -0.15) is 5.26 Å².